The number of nitrogens with zero attached hydrogens (tertiary/aromatic N) is 3. The minimum atomic E-state index is -0.326. The van der Waals surface area contributed by atoms with E-state index < -0.39 is 0 Å². The molecule has 2 aromatic carbocycles. The van der Waals surface area contributed by atoms with Gasteiger partial charge in [-0.3, -0.25) is 24.4 Å². The van der Waals surface area contributed by atoms with Crippen LogP contribution in [0.4, 0.5) is 5.69 Å². The number of nitrogens with one attached hydrogen (secondary N) is 2. The van der Waals surface area contributed by atoms with Gasteiger partial charge in [0.15, 0.2) is 0 Å². The molecular formula is C24H29N5O3. The van der Waals surface area contributed by atoms with E-state index in [-0.39, 0.29) is 30.0 Å². The van der Waals surface area contributed by atoms with E-state index in [1.54, 1.807) is 24.3 Å². The third kappa shape index (κ3) is 5.26. The maximum absolute atomic E-state index is 12.5. The molecule has 8 heteroatoms. The molecule has 1 saturated heterocycles. The standard InChI is InChI=1S/C24H29N5O3/c30-22(11-14-29-24(32)21-10-5-4-9-20(21)23(31)26-29)25-12-6-13-27-15-17-28(18-16-27)19-7-2-1-3-8-19/h1-5,7-10H,6,11-18H2,(H,25,30)(H,26,31). The van der Waals surface area contributed by atoms with E-state index in [0.29, 0.717) is 17.3 Å². The Morgan fingerprint density at radius 3 is 2.31 bits per heavy atom. The molecule has 2 heterocycles. The van der Waals surface area contributed by atoms with Crippen molar-refractivity contribution in [1.82, 2.24) is 20.0 Å². The van der Waals surface area contributed by atoms with Gasteiger partial charge in [-0.1, -0.05) is 30.3 Å². The molecular weight excluding hydrogens is 406 g/mol. The van der Waals surface area contributed by atoms with Crippen molar-refractivity contribution in [3.05, 3.63) is 75.3 Å². The fraction of sp³-hybridized carbons (Fsp3) is 0.375. The number of aromatic amines is 1. The van der Waals surface area contributed by atoms with Gasteiger partial charge in [-0.2, -0.15) is 0 Å². The zero-order valence-electron chi connectivity index (χ0n) is 18.1. The number of carbonyl (C=O) groups excluding carboxylic acids is 1. The number of para-hydroxylation sites is 1. The van der Waals surface area contributed by atoms with Crippen molar-refractivity contribution in [3.63, 3.8) is 0 Å². The van der Waals surface area contributed by atoms with Gasteiger partial charge in [0.1, 0.15) is 0 Å². The second kappa shape index (κ2) is 10.3. The summed E-state index contributed by atoms with van der Waals surface area (Å²) in [5.41, 5.74) is 0.655. The molecule has 3 aromatic rings. The van der Waals surface area contributed by atoms with Crippen LogP contribution in [0.2, 0.25) is 0 Å². The minimum absolute atomic E-state index is 0.125. The number of rotatable bonds is 8. The number of carbonyl (C=O) groups is 1. The molecule has 0 radical (unpaired) electrons. The molecule has 4 rings (SSSR count). The molecule has 1 aromatic heterocycles. The van der Waals surface area contributed by atoms with Gasteiger partial charge >= 0.3 is 0 Å². The average Bonchev–Trinajstić information content (AvgIpc) is 2.84. The molecule has 0 atom stereocenters. The van der Waals surface area contributed by atoms with Gasteiger partial charge in [-0.25, -0.2) is 4.68 Å². The lowest BCUT2D eigenvalue weighted by molar-refractivity contribution is -0.121. The normalized spacial score (nSPS) is 14.6. The van der Waals surface area contributed by atoms with Gasteiger partial charge in [-0.15, -0.1) is 0 Å². The van der Waals surface area contributed by atoms with E-state index in [1.807, 2.05) is 6.07 Å². The first-order valence-electron chi connectivity index (χ1n) is 11.1. The van der Waals surface area contributed by atoms with Crippen LogP contribution >= 0.6 is 0 Å². The average molecular weight is 436 g/mol. The van der Waals surface area contributed by atoms with Crippen molar-refractivity contribution in [3.8, 4) is 0 Å². The minimum Gasteiger partial charge on any atom is -0.369 e. The van der Waals surface area contributed by atoms with E-state index >= 15 is 0 Å². The Balaban J connectivity index is 1.17. The number of amides is 1. The van der Waals surface area contributed by atoms with Crippen molar-refractivity contribution >= 4 is 22.4 Å². The lowest BCUT2D eigenvalue weighted by Gasteiger charge is -2.36. The summed E-state index contributed by atoms with van der Waals surface area (Å²) in [4.78, 5) is 41.6. The Morgan fingerprint density at radius 2 is 1.56 bits per heavy atom. The van der Waals surface area contributed by atoms with E-state index in [2.05, 4.69) is 44.5 Å². The lowest BCUT2D eigenvalue weighted by Crippen LogP contribution is -2.47. The fourth-order valence-corrected chi connectivity index (χ4v) is 4.10. The van der Waals surface area contributed by atoms with Gasteiger partial charge < -0.3 is 10.2 Å². The summed E-state index contributed by atoms with van der Waals surface area (Å²) in [5, 5.41) is 6.20. The quantitative estimate of drug-likeness (QED) is 0.522. The molecule has 1 aliphatic heterocycles. The van der Waals surface area contributed by atoms with E-state index in [4.69, 9.17) is 0 Å². The number of anilines is 1. The number of fused-ring (bicyclic) bond motifs is 1. The number of hydrogen-bond donors (Lipinski definition) is 2. The highest BCUT2D eigenvalue weighted by Crippen LogP contribution is 2.15. The lowest BCUT2D eigenvalue weighted by atomic mass is 10.2. The zero-order chi connectivity index (χ0) is 22.3. The molecule has 0 spiro atoms. The number of benzene rings is 2. The Kier molecular flexibility index (Phi) is 7.01. The number of piperazine rings is 1. The zero-order valence-corrected chi connectivity index (χ0v) is 18.1. The summed E-state index contributed by atoms with van der Waals surface area (Å²) >= 11 is 0. The smallest absolute Gasteiger partial charge is 0.273 e. The van der Waals surface area contributed by atoms with Gasteiger partial charge in [0.25, 0.3) is 11.1 Å². The number of H-pyrrole nitrogens is 1. The van der Waals surface area contributed by atoms with Crippen LogP contribution in [0.3, 0.4) is 0 Å². The number of hydrogen-bond acceptors (Lipinski definition) is 5. The molecule has 1 fully saturated rings. The highest BCUT2D eigenvalue weighted by molar-refractivity contribution is 5.80. The molecule has 1 amide bonds. The van der Waals surface area contributed by atoms with Gasteiger partial charge in [-0.05, 0) is 37.2 Å². The van der Waals surface area contributed by atoms with E-state index in [0.717, 1.165) is 39.1 Å². The third-order valence-corrected chi connectivity index (χ3v) is 5.91. The van der Waals surface area contributed by atoms with E-state index in [9.17, 15) is 14.4 Å². The summed E-state index contributed by atoms with van der Waals surface area (Å²) in [5.74, 6) is -0.125. The van der Waals surface area contributed by atoms with Crippen LogP contribution in [-0.4, -0.2) is 59.9 Å². The first-order valence-corrected chi connectivity index (χ1v) is 11.1. The summed E-state index contributed by atoms with van der Waals surface area (Å²) in [7, 11) is 0. The van der Waals surface area contributed by atoms with E-state index in [1.165, 1.54) is 10.4 Å². The van der Waals surface area contributed by atoms with Crippen LogP contribution in [0.5, 0.6) is 0 Å². The summed E-state index contributed by atoms with van der Waals surface area (Å²) in [6, 6.07) is 17.2. The van der Waals surface area contributed by atoms with Crippen LogP contribution in [0.1, 0.15) is 12.8 Å². The Morgan fingerprint density at radius 1 is 0.875 bits per heavy atom. The fourth-order valence-electron chi connectivity index (χ4n) is 4.10. The Labute approximate surface area is 186 Å². The van der Waals surface area contributed by atoms with Crippen LogP contribution in [0.25, 0.3) is 10.8 Å². The van der Waals surface area contributed by atoms with Crippen LogP contribution < -0.4 is 21.3 Å². The maximum atomic E-state index is 12.5. The highest BCUT2D eigenvalue weighted by atomic mass is 16.2. The third-order valence-electron chi connectivity index (χ3n) is 5.91. The Hall–Kier alpha value is -3.39. The summed E-state index contributed by atoms with van der Waals surface area (Å²) in [6.07, 6.45) is 1.02. The Bertz CT molecular complexity index is 1160. The summed E-state index contributed by atoms with van der Waals surface area (Å²) in [6.45, 7) is 5.74. The maximum Gasteiger partial charge on any atom is 0.273 e. The van der Waals surface area contributed by atoms with Crippen molar-refractivity contribution in [1.29, 1.82) is 0 Å². The van der Waals surface area contributed by atoms with Crippen molar-refractivity contribution < 1.29 is 4.79 Å². The first-order chi connectivity index (χ1) is 15.6. The topological polar surface area (TPSA) is 90.4 Å². The van der Waals surface area contributed by atoms with Crippen LogP contribution in [-0.2, 0) is 11.3 Å². The predicted octanol–water partition coefficient (Wildman–Crippen LogP) is 1.41. The molecule has 0 unspecified atom stereocenters. The molecule has 168 valence electrons. The van der Waals surface area contributed by atoms with Crippen molar-refractivity contribution in [2.75, 3.05) is 44.2 Å². The first kappa shape index (κ1) is 21.8. The largest absolute Gasteiger partial charge is 0.369 e. The molecule has 1 aliphatic rings. The molecule has 8 nitrogen and oxygen atoms in total. The SMILES string of the molecule is O=C(CCn1[nH]c(=O)c2ccccc2c1=O)NCCCN1CCN(c2ccccc2)CC1. The van der Waals surface area contributed by atoms with Crippen LogP contribution in [0.15, 0.2) is 64.2 Å². The number of aromatic nitrogens is 2. The molecule has 2 N–H and O–H groups in total. The van der Waals surface area contributed by atoms with Gasteiger partial charge in [0.05, 0.1) is 17.3 Å². The molecule has 0 aliphatic carbocycles. The second-order valence-electron chi connectivity index (χ2n) is 8.06. The van der Waals surface area contributed by atoms with Gasteiger partial charge in [0.2, 0.25) is 5.91 Å². The summed E-state index contributed by atoms with van der Waals surface area (Å²) < 4.78 is 1.22. The molecule has 0 saturated carbocycles. The number of aryl methyl sites for hydroxylation is 1. The van der Waals surface area contributed by atoms with Crippen LogP contribution in [0, 0.1) is 0 Å². The second-order valence-corrected chi connectivity index (χ2v) is 8.06. The predicted molar refractivity (Wildman–Crippen MR) is 126 cm³/mol. The van der Waals surface area contributed by atoms with Gasteiger partial charge in [0, 0.05) is 44.8 Å². The highest BCUT2D eigenvalue weighted by Gasteiger charge is 2.16. The molecule has 0 bridgehead atoms. The monoisotopic (exact) mass is 435 g/mol. The molecule has 32 heavy (non-hydrogen) atoms. The van der Waals surface area contributed by atoms with Crippen molar-refractivity contribution in [2.45, 2.75) is 19.4 Å². The van der Waals surface area contributed by atoms with Crippen molar-refractivity contribution in [2.24, 2.45) is 0 Å².